The summed E-state index contributed by atoms with van der Waals surface area (Å²) in [5.74, 6) is -0.112. The minimum atomic E-state index is -3.49. The first kappa shape index (κ1) is 12.1. The lowest BCUT2D eigenvalue weighted by atomic mass is 10.0. The quantitative estimate of drug-likeness (QED) is 0.802. The number of fused-ring (bicyclic) bond motifs is 1. The van der Waals surface area contributed by atoms with E-state index in [0.717, 1.165) is 0 Å². The van der Waals surface area contributed by atoms with E-state index < -0.39 is 15.1 Å². The summed E-state index contributed by atoms with van der Waals surface area (Å²) in [6.45, 7) is 0. The van der Waals surface area contributed by atoms with Crippen molar-refractivity contribution in [3.05, 3.63) is 65.7 Å². The third-order valence-electron chi connectivity index (χ3n) is 3.41. The molecule has 2 aromatic rings. The van der Waals surface area contributed by atoms with E-state index in [-0.39, 0.29) is 17.1 Å². The molecule has 3 rings (SSSR count). The van der Waals surface area contributed by atoms with Crippen LogP contribution in [0, 0.1) is 0 Å². The van der Waals surface area contributed by atoms with Crippen LogP contribution in [0.2, 0.25) is 0 Å². The highest BCUT2D eigenvalue weighted by molar-refractivity contribution is 7.92. The van der Waals surface area contributed by atoms with E-state index >= 15 is 0 Å². The van der Waals surface area contributed by atoms with Crippen molar-refractivity contribution in [2.24, 2.45) is 0 Å². The molecule has 0 saturated carbocycles. The molecule has 96 valence electrons. The van der Waals surface area contributed by atoms with Gasteiger partial charge >= 0.3 is 0 Å². The molecule has 1 aliphatic rings. The van der Waals surface area contributed by atoms with Gasteiger partial charge in [0, 0.05) is 12.0 Å². The fourth-order valence-corrected chi connectivity index (χ4v) is 4.40. The second-order valence-electron chi connectivity index (χ2n) is 4.57. The van der Waals surface area contributed by atoms with E-state index in [4.69, 9.17) is 0 Å². The van der Waals surface area contributed by atoms with Gasteiger partial charge in [-0.15, -0.1) is 0 Å². The van der Waals surface area contributed by atoms with Crippen LogP contribution >= 0.6 is 0 Å². The lowest BCUT2D eigenvalue weighted by Crippen LogP contribution is -2.25. The van der Waals surface area contributed by atoms with Gasteiger partial charge in [0.15, 0.2) is 15.6 Å². The van der Waals surface area contributed by atoms with Gasteiger partial charge < -0.3 is 0 Å². The van der Waals surface area contributed by atoms with Gasteiger partial charge in [-0.2, -0.15) is 0 Å². The summed E-state index contributed by atoms with van der Waals surface area (Å²) < 4.78 is 25.2. The molecule has 0 bridgehead atoms. The molecule has 0 aliphatic carbocycles. The van der Waals surface area contributed by atoms with E-state index in [1.54, 1.807) is 42.5 Å². The summed E-state index contributed by atoms with van der Waals surface area (Å²) in [7, 11) is -3.49. The summed E-state index contributed by atoms with van der Waals surface area (Å²) in [6.07, 6.45) is 0.0172. The number of hydrogen-bond donors (Lipinski definition) is 0. The van der Waals surface area contributed by atoms with Gasteiger partial charge in [0.05, 0.1) is 10.1 Å². The summed E-state index contributed by atoms with van der Waals surface area (Å²) in [5.41, 5.74) is 0.986. The number of carbonyl (C=O) groups excluding carboxylic acids is 1. The Morgan fingerprint density at radius 3 is 2.26 bits per heavy atom. The zero-order valence-electron chi connectivity index (χ0n) is 10.1. The topological polar surface area (TPSA) is 51.2 Å². The molecule has 0 spiro atoms. The molecular formula is C15H12O3S. The summed E-state index contributed by atoms with van der Waals surface area (Å²) in [6, 6.07) is 15.3. The van der Waals surface area contributed by atoms with Crippen LogP contribution in [0.25, 0.3) is 0 Å². The fourth-order valence-electron chi connectivity index (χ4n) is 2.45. The molecule has 0 saturated heterocycles. The Morgan fingerprint density at radius 1 is 0.895 bits per heavy atom. The van der Waals surface area contributed by atoms with Crippen LogP contribution < -0.4 is 0 Å². The second-order valence-corrected chi connectivity index (χ2v) is 6.67. The average molecular weight is 272 g/mol. The molecule has 19 heavy (non-hydrogen) atoms. The Hall–Kier alpha value is -1.94. The zero-order valence-corrected chi connectivity index (χ0v) is 10.9. The molecule has 4 heteroatoms. The molecule has 0 unspecified atom stereocenters. The van der Waals surface area contributed by atoms with Crippen molar-refractivity contribution in [3.63, 3.8) is 0 Å². The van der Waals surface area contributed by atoms with Gasteiger partial charge in [-0.25, -0.2) is 8.42 Å². The summed E-state index contributed by atoms with van der Waals surface area (Å²) in [5, 5.41) is -0.768. The van der Waals surface area contributed by atoms with Gasteiger partial charge in [-0.3, -0.25) is 4.79 Å². The van der Waals surface area contributed by atoms with Crippen molar-refractivity contribution in [2.75, 3.05) is 0 Å². The van der Waals surface area contributed by atoms with Gasteiger partial charge in [-0.1, -0.05) is 48.5 Å². The molecule has 0 amide bonds. The molecule has 0 fully saturated rings. The first-order valence-corrected chi connectivity index (χ1v) is 7.56. The Bertz CT molecular complexity index is 733. The van der Waals surface area contributed by atoms with Gasteiger partial charge in [0.25, 0.3) is 0 Å². The van der Waals surface area contributed by atoms with Crippen LogP contribution in [-0.2, 0) is 9.84 Å². The van der Waals surface area contributed by atoms with Gasteiger partial charge in [0.2, 0.25) is 0 Å². The Morgan fingerprint density at radius 2 is 1.53 bits per heavy atom. The monoisotopic (exact) mass is 272 g/mol. The SMILES string of the molecule is O=C1C[C@H](c2ccccc2)S(=O)(=O)c2ccccc21. The fraction of sp³-hybridized carbons (Fsp3) is 0.133. The van der Waals surface area contributed by atoms with E-state index in [0.29, 0.717) is 11.1 Å². The van der Waals surface area contributed by atoms with Crippen molar-refractivity contribution >= 4 is 15.6 Å². The summed E-state index contributed by atoms with van der Waals surface area (Å²) >= 11 is 0. The third kappa shape index (κ3) is 1.88. The number of rotatable bonds is 1. The van der Waals surface area contributed by atoms with Crippen LogP contribution in [0.15, 0.2) is 59.5 Å². The maximum absolute atomic E-state index is 12.6. The van der Waals surface area contributed by atoms with Gasteiger partial charge in [0.1, 0.15) is 0 Å². The minimum Gasteiger partial charge on any atom is -0.294 e. The smallest absolute Gasteiger partial charge is 0.186 e. The number of hydrogen-bond acceptors (Lipinski definition) is 3. The Labute approximate surface area is 111 Å². The van der Waals surface area contributed by atoms with Crippen LogP contribution in [0.1, 0.15) is 27.6 Å². The number of ketones is 1. The Balaban J connectivity index is 2.20. The molecule has 0 aromatic heterocycles. The highest BCUT2D eigenvalue weighted by Crippen LogP contribution is 2.38. The molecule has 2 aromatic carbocycles. The Kier molecular flexibility index (Phi) is 2.75. The standard InChI is InChI=1S/C15H12O3S/c16-13-10-15(11-6-2-1-3-7-11)19(17,18)14-9-5-4-8-12(13)14/h1-9,15H,10H2/t15-/m1/s1. The second kappa shape index (κ2) is 4.31. The maximum atomic E-state index is 12.6. The van der Waals surface area contributed by atoms with Crippen LogP contribution in [0.3, 0.4) is 0 Å². The van der Waals surface area contributed by atoms with Crippen molar-refractivity contribution < 1.29 is 13.2 Å². The van der Waals surface area contributed by atoms with E-state index in [2.05, 4.69) is 0 Å². The molecular weight excluding hydrogens is 260 g/mol. The van der Waals surface area contributed by atoms with Crippen molar-refractivity contribution in [3.8, 4) is 0 Å². The largest absolute Gasteiger partial charge is 0.294 e. The predicted octanol–water partition coefficient (Wildman–Crippen LogP) is 2.79. The van der Waals surface area contributed by atoms with Crippen molar-refractivity contribution in [1.29, 1.82) is 0 Å². The highest BCUT2D eigenvalue weighted by Gasteiger charge is 2.38. The maximum Gasteiger partial charge on any atom is 0.186 e. The average Bonchev–Trinajstić information content (AvgIpc) is 2.44. The number of benzene rings is 2. The van der Waals surface area contributed by atoms with Crippen LogP contribution in [-0.4, -0.2) is 14.2 Å². The molecule has 0 radical (unpaired) electrons. The molecule has 1 aliphatic heterocycles. The number of Topliss-reactive ketones (excluding diaryl/α,β-unsaturated/α-hetero) is 1. The number of sulfone groups is 1. The molecule has 1 atom stereocenters. The van der Waals surface area contributed by atoms with E-state index in [9.17, 15) is 13.2 Å². The van der Waals surface area contributed by atoms with E-state index in [1.807, 2.05) is 6.07 Å². The molecule has 3 nitrogen and oxygen atoms in total. The predicted molar refractivity (Wildman–Crippen MR) is 71.8 cm³/mol. The lowest BCUT2D eigenvalue weighted by molar-refractivity contribution is 0.0974. The zero-order chi connectivity index (χ0) is 13.5. The van der Waals surface area contributed by atoms with Crippen molar-refractivity contribution in [2.45, 2.75) is 16.6 Å². The summed E-state index contributed by atoms with van der Waals surface area (Å²) in [4.78, 5) is 12.2. The highest BCUT2D eigenvalue weighted by atomic mass is 32.2. The van der Waals surface area contributed by atoms with E-state index in [1.165, 1.54) is 6.07 Å². The first-order valence-electron chi connectivity index (χ1n) is 6.02. The normalized spacial score (nSPS) is 20.8. The first-order chi connectivity index (χ1) is 9.10. The lowest BCUT2D eigenvalue weighted by Gasteiger charge is -2.24. The van der Waals surface area contributed by atoms with Crippen molar-refractivity contribution in [1.82, 2.24) is 0 Å². The molecule has 1 heterocycles. The molecule has 0 N–H and O–H groups in total. The van der Waals surface area contributed by atoms with Crippen LogP contribution in [0.4, 0.5) is 0 Å². The number of carbonyl (C=O) groups is 1. The van der Waals surface area contributed by atoms with Crippen LogP contribution in [0.5, 0.6) is 0 Å². The minimum absolute atomic E-state index is 0.0172. The third-order valence-corrected chi connectivity index (χ3v) is 5.57. The van der Waals surface area contributed by atoms with Gasteiger partial charge in [-0.05, 0) is 11.6 Å².